The maximum Gasteiger partial charge on any atom is 0.438 e. The lowest BCUT2D eigenvalue weighted by atomic mass is 9.77. The number of halogens is 3. The number of alkyl halides is 3. The van der Waals surface area contributed by atoms with Crippen LogP contribution >= 0.6 is 0 Å². The van der Waals surface area contributed by atoms with Crippen LogP contribution in [0.4, 0.5) is 13.2 Å². The van der Waals surface area contributed by atoms with Crippen molar-refractivity contribution in [1.82, 2.24) is 5.43 Å². The zero-order valence-electron chi connectivity index (χ0n) is 11.2. The maximum atomic E-state index is 13.1. The molecule has 1 aliphatic heterocycles. The molecule has 0 bridgehead atoms. The third-order valence-electron chi connectivity index (χ3n) is 4.02. The lowest BCUT2D eigenvalue weighted by Gasteiger charge is -2.34. The fraction of sp³-hybridized carbons (Fsp3) is 0.400. The van der Waals surface area contributed by atoms with Gasteiger partial charge in [0.25, 0.3) is 5.72 Å². The van der Waals surface area contributed by atoms with Gasteiger partial charge in [0, 0.05) is 0 Å². The third kappa shape index (κ3) is 2.33. The van der Waals surface area contributed by atoms with Crippen molar-refractivity contribution in [2.45, 2.75) is 31.2 Å². The number of hydrazone groups is 1. The average Bonchev–Trinajstić information content (AvgIpc) is 2.80. The third-order valence-corrected chi connectivity index (χ3v) is 4.02. The number of nitrogens with zero attached hydrogens (tertiary/aromatic N) is 1. The summed E-state index contributed by atoms with van der Waals surface area (Å²) >= 11 is 0. The molecule has 3 nitrogen and oxygen atoms in total. The van der Waals surface area contributed by atoms with Gasteiger partial charge in [0.2, 0.25) is 0 Å². The van der Waals surface area contributed by atoms with E-state index in [1.807, 2.05) is 41.8 Å². The van der Waals surface area contributed by atoms with Gasteiger partial charge in [-0.05, 0) is 36.5 Å². The van der Waals surface area contributed by atoms with Gasteiger partial charge in [-0.15, -0.1) is 0 Å². The maximum absolute atomic E-state index is 13.1. The van der Waals surface area contributed by atoms with E-state index in [1.165, 1.54) is 0 Å². The molecule has 2 aliphatic rings. The second-order valence-electron chi connectivity index (χ2n) is 5.40. The molecule has 0 unspecified atom stereocenters. The van der Waals surface area contributed by atoms with Crippen molar-refractivity contribution in [2.24, 2.45) is 11.0 Å². The van der Waals surface area contributed by atoms with Crippen LogP contribution in [0.3, 0.4) is 0 Å². The Balaban J connectivity index is 1.93. The van der Waals surface area contributed by atoms with Crippen molar-refractivity contribution in [3.63, 3.8) is 0 Å². The normalized spacial score (nSPS) is 30.8. The number of fused-ring (bicyclic) bond motifs is 1. The SMILES string of the molecule is O[C@]1(C(F)(F)F)NN=C2/C(=C/c3ccccc3)CCC[C@H]21. The predicted octanol–water partition coefficient (Wildman–Crippen LogP) is 3.08. The van der Waals surface area contributed by atoms with Crippen LogP contribution in [0.1, 0.15) is 24.8 Å². The van der Waals surface area contributed by atoms with Crippen molar-refractivity contribution in [3.8, 4) is 0 Å². The van der Waals surface area contributed by atoms with Crippen LogP contribution in [0, 0.1) is 5.92 Å². The van der Waals surface area contributed by atoms with Gasteiger partial charge < -0.3 is 5.11 Å². The Morgan fingerprint density at radius 1 is 1.29 bits per heavy atom. The molecule has 21 heavy (non-hydrogen) atoms. The molecule has 2 atom stereocenters. The summed E-state index contributed by atoms with van der Waals surface area (Å²) in [6.45, 7) is 0. The minimum atomic E-state index is -4.75. The van der Waals surface area contributed by atoms with Gasteiger partial charge >= 0.3 is 6.18 Å². The molecule has 1 fully saturated rings. The molecule has 1 aromatic rings. The van der Waals surface area contributed by atoms with Crippen LogP contribution in [0.2, 0.25) is 0 Å². The second-order valence-corrected chi connectivity index (χ2v) is 5.40. The quantitative estimate of drug-likeness (QED) is 0.836. The molecule has 6 heteroatoms. The number of rotatable bonds is 1. The molecule has 0 radical (unpaired) electrons. The molecular formula is C15H15F3N2O. The van der Waals surface area contributed by atoms with Crippen LogP contribution in [-0.2, 0) is 0 Å². The van der Waals surface area contributed by atoms with Crippen LogP contribution < -0.4 is 5.43 Å². The Hall–Kier alpha value is -1.82. The van der Waals surface area contributed by atoms with Crippen molar-refractivity contribution >= 4 is 11.8 Å². The summed E-state index contributed by atoms with van der Waals surface area (Å²) < 4.78 is 39.2. The molecule has 1 heterocycles. The topological polar surface area (TPSA) is 44.6 Å². The second kappa shape index (κ2) is 4.87. The van der Waals surface area contributed by atoms with E-state index >= 15 is 0 Å². The fourth-order valence-electron chi connectivity index (χ4n) is 2.92. The number of hydrogen-bond donors (Lipinski definition) is 2. The first kappa shape index (κ1) is 14.1. The van der Waals surface area contributed by atoms with Crippen LogP contribution in [0.25, 0.3) is 6.08 Å². The summed E-state index contributed by atoms with van der Waals surface area (Å²) in [7, 11) is 0. The molecule has 0 saturated heterocycles. The molecule has 0 spiro atoms. The predicted molar refractivity (Wildman–Crippen MR) is 73.3 cm³/mol. The molecule has 2 N–H and O–H groups in total. The van der Waals surface area contributed by atoms with Gasteiger partial charge in [-0.25, -0.2) is 0 Å². The molecule has 112 valence electrons. The lowest BCUT2D eigenvalue weighted by Crippen LogP contribution is -2.58. The van der Waals surface area contributed by atoms with Gasteiger partial charge in [-0.3, -0.25) is 5.43 Å². The summed E-state index contributed by atoms with van der Waals surface area (Å²) in [4.78, 5) is 0. The van der Waals surface area contributed by atoms with E-state index in [1.54, 1.807) is 0 Å². The Labute approximate surface area is 120 Å². The summed E-state index contributed by atoms with van der Waals surface area (Å²) in [6, 6.07) is 9.38. The van der Waals surface area contributed by atoms with Crippen LogP contribution in [0.15, 0.2) is 41.0 Å². The largest absolute Gasteiger partial charge is 0.438 e. The zero-order chi connectivity index (χ0) is 15.1. The van der Waals surface area contributed by atoms with E-state index in [0.717, 1.165) is 11.1 Å². The minimum absolute atomic E-state index is 0.272. The molecule has 1 aromatic carbocycles. The van der Waals surface area contributed by atoms with Crippen LogP contribution in [-0.4, -0.2) is 22.7 Å². The van der Waals surface area contributed by atoms with Gasteiger partial charge in [0.15, 0.2) is 0 Å². The first-order valence-corrected chi connectivity index (χ1v) is 6.81. The first-order chi connectivity index (χ1) is 9.92. The van der Waals surface area contributed by atoms with Crippen LogP contribution in [0.5, 0.6) is 0 Å². The summed E-state index contributed by atoms with van der Waals surface area (Å²) in [5.74, 6) is -1.04. The Morgan fingerprint density at radius 3 is 2.67 bits per heavy atom. The molecule has 0 amide bonds. The van der Waals surface area contributed by atoms with Gasteiger partial charge in [-0.2, -0.15) is 18.3 Å². The van der Waals surface area contributed by atoms with Gasteiger partial charge in [-0.1, -0.05) is 30.3 Å². The van der Waals surface area contributed by atoms with Crippen molar-refractivity contribution in [3.05, 3.63) is 41.5 Å². The molecule has 1 saturated carbocycles. The Morgan fingerprint density at radius 2 is 2.00 bits per heavy atom. The number of nitrogens with one attached hydrogen (secondary N) is 1. The highest BCUT2D eigenvalue weighted by Crippen LogP contribution is 2.44. The highest BCUT2D eigenvalue weighted by atomic mass is 19.4. The molecular weight excluding hydrogens is 281 g/mol. The Bertz CT molecular complexity index is 595. The van der Waals surface area contributed by atoms with E-state index in [-0.39, 0.29) is 6.42 Å². The zero-order valence-corrected chi connectivity index (χ0v) is 11.2. The molecule has 1 aliphatic carbocycles. The number of benzene rings is 1. The van der Waals surface area contributed by atoms with E-state index in [2.05, 4.69) is 5.10 Å². The van der Waals surface area contributed by atoms with Crippen molar-refractivity contribution in [1.29, 1.82) is 0 Å². The Kier molecular flexibility index (Phi) is 3.28. The highest BCUT2D eigenvalue weighted by molar-refractivity contribution is 6.07. The van der Waals surface area contributed by atoms with Gasteiger partial charge in [0.1, 0.15) is 0 Å². The van der Waals surface area contributed by atoms with E-state index < -0.39 is 17.8 Å². The molecule has 0 aromatic heterocycles. The molecule has 3 rings (SSSR count). The van der Waals surface area contributed by atoms with Crippen molar-refractivity contribution in [2.75, 3.05) is 0 Å². The average molecular weight is 296 g/mol. The fourth-order valence-corrected chi connectivity index (χ4v) is 2.92. The van der Waals surface area contributed by atoms with Crippen molar-refractivity contribution < 1.29 is 18.3 Å². The summed E-state index contributed by atoms with van der Waals surface area (Å²) in [6.07, 6.45) is -1.37. The summed E-state index contributed by atoms with van der Waals surface area (Å²) in [5.41, 5.74) is 0.956. The standard InChI is InChI=1S/C15H15F3N2O/c16-15(17,18)14(21)12-8-4-7-11(13(12)19-20-14)9-10-5-2-1-3-6-10/h1-3,5-6,9,12,20-21H,4,7-8H2/b11-9+/t12-,14-/m1/s1. The van der Waals surface area contributed by atoms with E-state index in [4.69, 9.17) is 0 Å². The van der Waals surface area contributed by atoms with Gasteiger partial charge in [0.05, 0.1) is 11.6 Å². The van der Waals surface area contributed by atoms with E-state index in [0.29, 0.717) is 18.6 Å². The number of hydrogen-bond acceptors (Lipinski definition) is 3. The minimum Gasteiger partial charge on any atom is -0.362 e. The van der Waals surface area contributed by atoms with E-state index in [9.17, 15) is 18.3 Å². The first-order valence-electron chi connectivity index (χ1n) is 6.81. The number of aliphatic hydroxyl groups is 1. The smallest absolute Gasteiger partial charge is 0.362 e. The summed E-state index contributed by atoms with van der Waals surface area (Å²) in [5, 5.41) is 13.7. The highest BCUT2D eigenvalue weighted by Gasteiger charge is 2.63. The monoisotopic (exact) mass is 296 g/mol. The number of allylic oxidation sites excluding steroid dienone is 1. The lowest BCUT2D eigenvalue weighted by molar-refractivity contribution is -0.281.